The van der Waals surface area contributed by atoms with Crippen molar-refractivity contribution in [2.24, 2.45) is 0 Å². The van der Waals surface area contributed by atoms with Crippen LogP contribution < -0.4 is 10.6 Å². The third-order valence-electron chi connectivity index (χ3n) is 3.48. The summed E-state index contributed by atoms with van der Waals surface area (Å²) < 4.78 is 0.807. The number of aromatic nitrogens is 1. The zero-order valence-corrected chi connectivity index (χ0v) is 16.4. The minimum atomic E-state index is -0.199. The number of anilines is 2. The van der Waals surface area contributed by atoms with Crippen LogP contribution in [0.15, 0.2) is 58.4 Å². The van der Waals surface area contributed by atoms with Crippen LogP contribution >= 0.6 is 27.3 Å². The Labute approximate surface area is 163 Å². The molecule has 1 aromatic heterocycles. The second kappa shape index (κ2) is 8.25. The third kappa shape index (κ3) is 4.77. The molecule has 3 rings (SSSR count). The summed E-state index contributed by atoms with van der Waals surface area (Å²) in [4.78, 5) is 28.3. The van der Waals surface area contributed by atoms with Crippen LogP contribution in [0.5, 0.6) is 0 Å². The Morgan fingerprint density at radius 2 is 1.85 bits per heavy atom. The first kappa shape index (κ1) is 18.3. The van der Waals surface area contributed by atoms with E-state index < -0.39 is 0 Å². The van der Waals surface area contributed by atoms with Crippen molar-refractivity contribution in [1.82, 2.24) is 4.98 Å². The van der Waals surface area contributed by atoms with Crippen LogP contribution in [0.25, 0.3) is 10.6 Å². The van der Waals surface area contributed by atoms with Crippen LogP contribution in [0.1, 0.15) is 12.6 Å². The van der Waals surface area contributed by atoms with Gasteiger partial charge in [-0.05, 0) is 18.2 Å². The van der Waals surface area contributed by atoms with Crippen molar-refractivity contribution in [3.63, 3.8) is 0 Å². The highest BCUT2D eigenvalue weighted by atomic mass is 79.9. The van der Waals surface area contributed by atoms with Gasteiger partial charge in [0.25, 0.3) is 0 Å². The molecule has 1 heterocycles. The summed E-state index contributed by atoms with van der Waals surface area (Å²) in [5, 5.41) is 8.31. The molecule has 2 amide bonds. The normalized spacial score (nSPS) is 10.4. The standard InChI is InChI=1S/C19H16BrN3O2S/c1-12(24)21-16-8-7-14(20)9-17(16)23-18(25)10-15-11-26-19(22-15)13-5-3-2-4-6-13/h2-9,11H,10H2,1H3,(H,21,24)(H,23,25). The molecule has 7 heteroatoms. The van der Waals surface area contributed by atoms with Crippen molar-refractivity contribution >= 4 is 50.5 Å². The lowest BCUT2D eigenvalue weighted by atomic mass is 10.2. The number of nitrogens with zero attached hydrogens (tertiary/aromatic N) is 1. The van der Waals surface area contributed by atoms with E-state index in [0.717, 1.165) is 15.0 Å². The van der Waals surface area contributed by atoms with Crippen molar-refractivity contribution in [1.29, 1.82) is 0 Å². The molecule has 3 aromatic rings. The van der Waals surface area contributed by atoms with Gasteiger partial charge in [-0.2, -0.15) is 0 Å². The van der Waals surface area contributed by atoms with Crippen molar-refractivity contribution in [3.05, 3.63) is 64.1 Å². The van der Waals surface area contributed by atoms with Gasteiger partial charge in [-0.25, -0.2) is 4.98 Å². The first-order valence-corrected chi connectivity index (χ1v) is 9.55. The van der Waals surface area contributed by atoms with Crippen molar-refractivity contribution in [3.8, 4) is 10.6 Å². The maximum absolute atomic E-state index is 12.4. The molecular formula is C19H16BrN3O2S. The van der Waals surface area contributed by atoms with Crippen LogP contribution in [0.2, 0.25) is 0 Å². The van der Waals surface area contributed by atoms with Gasteiger partial charge in [-0.1, -0.05) is 46.3 Å². The van der Waals surface area contributed by atoms with E-state index in [2.05, 4.69) is 31.5 Å². The molecule has 2 aromatic carbocycles. The lowest BCUT2D eigenvalue weighted by molar-refractivity contribution is -0.116. The van der Waals surface area contributed by atoms with E-state index in [0.29, 0.717) is 17.1 Å². The van der Waals surface area contributed by atoms with E-state index in [1.54, 1.807) is 18.2 Å². The van der Waals surface area contributed by atoms with Gasteiger partial charge in [-0.3, -0.25) is 9.59 Å². The van der Waals surface area contributed by atoms with Gasteiger partial charge in [0.1, 0.15) is 5.01 Å². The van der Waals surface area contributed by atoms with E-state index in [4.69, 9.17) is 0 Å². The predicted molar refractivity (Wildman–Crippen MR) is 108 cm³/mol. The minimum Gasteiger partial charge on any atom is -0.325 e. The smallest absolute Gasteiger partial charge is 0.230 e. The van der Waals surface area contributed by atoms with Crippen LogP contribution in [0.4, 0.5) is 11.4 Å². The summed E-state index contributed by atoms with van der Waals surface area (Å²) >= 11 is 4.88. The Morgan fingerprint density at radius 3 is 2.58 bits per heavy atom. The monoisotopic (exact) mass is 429 g/mol. The van der Waals surface area contributed by atoms with Crippen molar-refractivity contribution in [2.75, 3.05) is 10.6 Å². The molecular weight excluding hydrogens is 414 g/mol. The topological polar surface area (TPSA) is 71.1 Å². The van der Waals surface area contributed by atoms with E-state index in [9.17, 15) is 9.59 Å². The molecule has 0 aliphatic rings. The Morgan fingerprint density at radius 1 is 1.08 bits per heavy atom. The van der Waals surface area contributed by atoms with Gasteiger partial charge in [-0.15, -0.1) is 11.3 Å². The van der Waals surface area contributed by atoms with Gasteiger partial charge in [0.15, 0.2) is 0 Å². The SMILES string of the molecule is CC(=O)Nc1ccc(Br)cc1NC(=O)Cc1csc(-c2ccccc2)n1. The van der Waals surface area contributed by atoms with Crippen molar-refractivity contribution in [2.45, 2.75) is 13.3 Å². The van der Waals surface area contributed by atoms with Crippen LogP contribution in [-0.4, -0.2) is 16.8 Å². The van der Waals surface area contributed by atoms with Crippen LogP contribution in [-0.2, 0) is 16.0 Å². The van der Waals surface area contributed by atoms with E-state index in [1.165, 1.54) is 18.3 Å². The highest BCUT2D eigenvalue weighted by Crippen LogP contribution is 2.27. The maximum atomic E-state index is 12.4. The fourth-order valence-corrected chi connectivity index (χ4v) is 3.57. The predicted octanol–water partition coefficient (Wildman–Crippen LogP) is 4.71. The summed E-state index contributed by atoms with van der Waals surface area (Å²) in [5.41, 5.74) is 2.84. The Balaban J connectivity index is 1.71. The highest BCUT2D eigenvalue weighted by Gasteiger charge is 2.12. The second-order valence-corrected chi connectivity index (χ2v) is 7.38. The number of rotatable bonds is 5. The number of nitrogens with one attached hydrogen (secondary N) is 2. The number of hydrogen-bond donors (Lipinski definition) is 2. The average molecular weight is 430 g/mol. The Bertz CT molecular complexity index is 941. The van der Waals surface area contributed by atoms with Gasteiger partial charge in [0, 0.05) is 22.3 Å². The molecule has 2 N–H and O–H groups in total. The molecule has 0 spiro atoms. The summed E-state index contributed by atoms with van der Waals surface area (Å²) in [7, 11) is 0. The molecule has 132 valence electrons. The van der Waals surface area contributed by atoms with E-state index in [-0.39, 0.29) is 18.2 Å². The molecule has 0 saturated carbocycles. The molecule has 5 nitrogen and oxygen atoms in total. The molecule has 26 heavy (non-hydrogen) atoms. The first-order chi connectivity index (χ1) is 12.5. The third-order valence-corrected chi connectivity index (χ3v) is 4.91. The number of halogens is 1. The van der Waals surface area contributed by atoms with Gasteiger partial charge < -0.3 is 10.6 Å². The van der Waals surface area contributed by atoms with Crippen molar-refractivity contribution < 1.29 is 9.59 Å². The first-order valence-electron chi connectivity index (χ1n) is 7.88. The van der Waals surface area contributed by atoms with Crippen LogP contribution in [0, 0.1) is 0 Å². The Hall–Kier alpha value is -2.51. The average Bonchev–Trinajstić information content (AvgIpc) is 3.06. The fraction of sp³-hybridized carbons (Fsp3) is 0.105. The quantitative estimate of drug-likeness (QED) is 0.616. The summed E-state index contributed by atoms with van der Waals surface area (Å²) in [6.45, 7) is 1.42. The number of carbonyl (C=O) groups is 2. The zero-order valence-electron chi connectivity index (χ0n) is 14.0. The summed E-state index contributed by atoms with van der Waals surface area (Å²) in [6, 6.07) is 15.1. The summed E-state index contributed by atoms with van der Waals surface area (Å²) in [5.74, 6) is -0.394. The molecule has 0 aliphatic carbocycles. The fourth-order valence-electron chi connectivity index (χ4n) is 2.38. The number of amides is 2. The maximum Gasteiger partial charge on any atom is 0.230 e. The molecule has 0 bridgehead atoms. The number of thiazole rings is 1. The lowest BCUT2D eigenvalue weighted by Gasteiger charge is -2.11. The summed E-state index contributed by atoms with van der Waals surface area (Å²) in [6.07, 6.45) is 0.162. The zero-order chi connectivity index (χ0) is 18.5. The molecule has 0 unspecified atom stereocenters. The van der Waals surface area contributed by atoms with Crippen LogP contribution in [0.3, 0.4) is 0 Å². The van der Waals surface area contributed by atoms with E-state index >= 15 is 0 Å². The lowest BCUT2D eigenvalue weighted by Crippen LogP contribution is -2.17. The van der Waals surface area contributed by atoms with E-state index in [1.807, 2.05) is 35.7 Å². The number of carbonyl (C=O) groups excluding carboxylic acids is 2. The Kier molecular flexibility index (Phi) is 5.80. The molecule has 0 radical (unpaired) electrons. The van der Waals surface area contributed by atoms with Gasteiger partial charge in [0.05, 0.1) is 23.5 Å². The molecule has 0 saturated heterocycles. The number of benzene rings is 2. The molecule has 0 fully saturated rings. The molecule has 0 aliphatic heterocycles. The van der Waals surface area contributed by atoms with Gasteiger partial charge in [0.2, 0.25) is 11.8 Å². The highest BCUT2D eigenvalue weighted by molar-refractivity contribution is 9.10. The van der Waals surface area contributed by atoms with Gasteiger partial charge >= 0.3 is 0 Å². The molecule has 0 atom stereocenters. The minimum absolute atomic E-state index is 0.162. The largest absolute Gasteiger partial charge is 0.325 e. The number of hydrogen-bond acceptors (Lipinski definition) is 4. The second-order valence-electron chi connectivity index (χ2n) is 5.61.